The number of ether oxygens (including phenoxy) is 1. The van der Waals surface area contributed by atoms with Crippen molar-refractivity contribution in [2.24, 2.45) is 5.73 Å². The predicted molar refractivity (Wildman–Crippen MR) is 89.2 cm³/mol. The maximum absolute atomic E-state index is 6.16. The molecule has 0 saturated heterocycles. The van der Waals surface area contributed by atoms with E-state index in [9.17, 15) is 0 Å². The minimum absolute atomic E-state index is 0.138. The normalized spacial score (nSPS) is 12.2. The second kappa shape index (κ2) is 7.69. The van der Waals surface area contributed by atoms with Gasteiger partial charge in [0.15, 0.2) is 0 Å². The van der Waals surface area contributed by atoms with Gasteiger partial charge < -0.3 is 10.5 Å². The van der Waals surface area contributed by atoms with E-state index in [1.807, 2.05) is 42.5 Å². The number of benzene rings is 2. The van der Waals surface area contributed by atoms with E-state index < -0.39 is 0 Å². The molecule has 0 amide bonds. The molecule has 21 heavy (non-hydrogen) atoms. The molecule has 2 nitrogen and oxygen atoms in total. The van der Waals surface area contributed by atoms with Crippen molar-refractivity contribution >= 4 is 23.2 Å². The molecule has 2 rings (SSSR count). The second-order valence-corrected chi connectivity index (χ2v) is 5.78. The van der Waals surface area contributed by atoms with Crippen LogP contribution in [0.3, 0.4) is 0 Å². The summed E-state index contributed by atoms with van der Waals surface area (Å²) in [7, 11) is 0. The van der Waals surface area contributed by atoms with Gasteiger partial charge in [0, 0.05) is 21.7 Å². The quantitative estimate of drug-likeness (QED) is 0.824. The van der Waals surface area contributed by atoms with E-state index >= 15 is 0 Å². The van der Waals surface area contributed by atoms with Gasteiger partial charge in [-0.15, -0.1) is 0 Å². The number of para-hydroxylation sites is 1. The fourth-order valence-corrected chi connectivity index (χ4v) is 2.57. The van der Waals surface area contributed by atoms with Crippen LogP contribution in [0.1, 0.15) is 24.5 Å². The van der Waals surface area contributed by atoms with E-state index in [1.54, 1.807) is 0 Å². The molecule has 0 bridgehead atoms. The van der Waals surface area contributed by atoms with Gasteiger partial charge >= 0.3 is 0 Å². The van der Waals surface area contributed by atoms with E-state index in [-0.39, 0.29) is 6.04 Å². The van der Waals surface area contributed by atoms with Gasteiger partial charge in [-0.2, -0.15) is 0 Å². The van der Waals surface area contributed by atoms with Crippen LogP contribution in [0.25, 0.3) is 0 Å². The molecular formula is C17H19Cl2NO. The molecule has 2 aromatic rings. The van der Waals surface area contributed by atoms with Crippen LogP contribution in [-0.4, -0.2) is 6.04 Å². The Labute approximate surface area is 135 Å². The number of hydrogen-bond acceptors (Lipinski definition) is 2. The topological polar surface area (TPSA) is 35.2 Å². The van der Waals surface area contributed by atoms with Gasteiger partial charge in [-0.05, 0) is 36.6 Å². The Kier molecular flexibility index (Phi) is 5.92. The van der Waals surface area contributed by atoms with Gasteiger partial charge in [-0.25, -0.2) is 0 Å². The maximum atomic E-state index is 6.16. The van der Waals surface area contributed by atoms with E-state index in [0.29, 0.717) is 16.7 Å². The maximum Gasteiger partial charge on any atom is 0.123 e. The van der Waals surface area contributed by atoms with Crippen molar-refractivity contribution < 1.29 is 4.74 Å². The molecular weight excluding hydrogens is 305 g/mol. The molecule has 0 aliphatic heterocycles. The zero-order valence-electron chi connectivity index (χ0n) is 12.0. The van der Waals surface area contributed by atoms with Gasteiger partial charge in [0.05, 0.1) is 0 Å². The number of rotatable bonds is 6. The summed E-state index contributed by atoms with van der Waals surface area (Å²) in [5.41, 5.74) is 7.94. The molecule has 0 aliphatic rings. The lowest BCUT2D eigenvalue weighted by atomic mass is 10.0. The largest absolute Gasteiger partial charge is 0.489 e. The van der Waals surface area contributed by atoms with Crippen molar-refractivity contribution in [2.75, 3.05) is 0 Å². The van der Waals surface area contributed by atoms with Crippen molar-refractivity contribution in [3.63, 3.8) is 0 Å². The Hall–Kier alpha value is -1.22. The molecule has 0 spiro atoms. The molecule has 0 heterocycles. The molecule has 4 heteroatoms. The van der Waals surface area contributed by atoms with Gasteiger partial charge in [-0.1, -0.05) is 54.4 Å². The molecule has 1 atom stereocenters. The second-order valence-electron chi connectivity index (χ2n) is 4.97. The summed E-state index contributed by atoms with van der Waals surface area (Å²) in [6.45, 7) is 2.43. The Morgan fingerprint density at radius 2 is 1.71 bits per heavy atom. The molecule has 2 N–H and O–H groups in total. The third-order valence-electron chi connectivity index (χ3n) is 3.41. The average Bonchev–Trinajstić information content (AvgIpc) is 2.48. The van der Waals surface area contributed by atoms with Crippen molar-refractivity contribution in [3.8, 4) is 5.75 Å². The fourth-order valence-electron chi connectivity index (χ4n) is 2.06. The average molecular weight is 324 g/mol. The standard InChI is InChI=1S/C17H19Cl2NO/c1-2-13(20)10-12-6-3-4-9-17(12)21-11-14-15(18)7-5-8-16(14)19/h3-9,13H,2,10-11,20H2,1H3. The van der Waals surface area contributed by atoms with Gasteiger partial charge in [0.2, 0.25) is 0 Å². The van der Waals surface area contributed by atoms with Crippen LogP contribution in [0, 0.1) is 0 Å². The summed E-state index contributed by atoms with van der Waals surface area (Å²) in [5.74, 6) is 0.831. The van der Waals surface area contributed by atoms with Crippen LogP contribution < -0.4 is 10.5 Å². The first-order chi connectivity index (χ1) is 10.1. The number of hydrogen-bond donors (Lipinski definition) is 1. The predicted octanol–water partition coefficient (Wildman–Crippen LogP) is 4.85. The first-order valence-electron chi connectivity index (χ1n) is 7.01. The van der Waals surface area contributed by atoms with E-state index in [2.05, 4.69) is 6.92 Å². The minimum atomic E-state index is 0.138. The van der Waals surface area contributed by atoms with Crippen molar-refractivity contribution in [1.82, 2.24) is 0 Å². The summed E-state index contributed by atoms with van der Waals surface area (Å²) in [6.07, 6.45) is 1.73. The first-order valence-corrected chi connectivity index (χ1v) is 7.76. The SMILES string of the molecule is CCC(N)Cc1ccccc1OCc1c(Cl)cccc1Cl. The Morgan fingerprint density at radius 1 is 1.05 bits per heavy atom. The highest BCUT2D eigenvalue weighted by atomic mass is 35.5. The summed E-state index contributed by atoms with van der Waals surface area (Å²) in [5, 5.41) is 1.23. The number of halogens is 2. The van der Waals surface area contributed by atoms with Crippen molar-refractivity contribution in [1.29, 1.82) is 0 Å². The molecule has 0 radical (unpaired) electrons. The third-order valence-corrected chi connectivity index (χ3v) is 4.12. The summed E-state index contributed by atoms with van der Waals surface area (Å²) in [4.78, 5) is 0. The van der Waals surface area contributed by atoms with Crippen LogP contribution >= 0.6 is 23.2 Å². The molecule has 0 aromatic heterocycles. The van der Waals surface area contributed by atoms with Crippen molar-refractivity contribution in [2.45, 2.75) is 32.4 Å². The number of nitrogens with two attached hydrogens (primary N) is 1. The minimum Gasteiger partial charge on any atom is -0.489 e. The molecule has 2 aromatic carbocycles. The Balaban J connectivity index is 2.13. The lowest BCUT2D eigenvalue weighted by molar-refractivity contribution is 0.302. The molecule has 0 fully saturated rings. The summed E-state index contributed by atoms with van der Waals surface area (Å²) < 4.78 is 5.91. The van der Waals surface area contributed by atoms with Crippen molar-refractivity contribution in [3.05, 3.63) is 63.6 Å². The zero-order valence-corrected chi connectivity index (χ0v) is 13.5. The van der Waals surface area contributed by atoms with Crippen LogP contribution in [0.5, 0.6) is 5.75 Å². The smallest absolute Gasteiger partial charge is 0.123 e. The lowest BCUT2D eigenvalue weighted by Crippen LogP contribution is -2.21. The Morgan fingerprint density at radius 3 is 2.38 bits per heavy atom. The van der Waals surface area contributed by atoms with Gasteiger partial charge in [0.25, 0.3) is 0 Å². The summed E-state index contributed by atoms with van der Waals surface area (Å²) >= 11 is 12.3. The first kappa shape index (κ1) is 16.2. The summed E-state index contributed by atoms with van der Waals surface area (Å²) in [6, 6.07) is 13.5. The molecule has 112 valence electrons. The van der Waals surface area contributed by atoms with Crippen LogP contribution in [0.15, 0.2) is 42.5 Å². The fraction of sp³-hybridized carbons (Fsp3) is 0.294. The highest BCUT2D eigenvalue weighted by Gasteiger charge is 2.10. The van der Waals surface area contributed by atoms with Crippen LogP contribution in [0.2, 0.25) is 10.0 Å². The third kappa shape index (κ3) is 4.37. The highest BCUT2D eigenvalue weighted by Crippen LogP contribution is 2.27. The Bertz CT molecular complexity index is 581. The van der Waals surface area contributed by atoms with E-state index in [4.69, 9.17) is 33.7 Å². The highest BCUT2D eigenvalue weighted by molar-refractivity contribution is 6.35. The van der Waals surface area contributed by atoms with Crippen LogP contribution in [0.4, 0.5) is 0 Å². The van der Waals surface area contributed by atoms with E-state index in [1.165, 1.54) is 0 Å². The zero-order chi connectivity index (χ0) is 15.2. The van der Waals surface area contributed by atoms with Gasteiger partial charge in [0.1, 0.15) is 12.4 Å². The van der Waals surface area contributed by atoms with E-state index in [0.717, 1.165) is 29.7 Å². The molecule has 0 aliphatic carbocycles. The monoisotopic (exact) mass is 323 g/mol. The van der Waals surface area contributed by atoms with Crippen LogP contribution in [-0.2, 0) is 13.0 Å². The molecule has 1 unspecified atom stereocenters. The molecule has 0 saturated carbocycles. The lowest BCUT2D eigenvalue weighted by Gasteiger charge is -2.15. The van der Waals surface area contributed by atoms with Gasteiger partial charge in [-0.3, -0.25) is 0 Å².